The van der Waals surface area contributed by atoms with Gasteiger partial charge < -0.3 is 10.2 Å². The standard InChI is InChI=1S/C18H14ClF3N2O2/c19-12-3-1-10(2-4-12)8-23-18(26)11-7-15(25)24(9-11)14-6-5-13(20)16(21)17(14)22/h1-6,11H,7-9H2,(H,23,26). The second-order valence-corrected chi connectivity index (χ2v) is 6.38. The Labute approximate surface area is 152 Å². The second kappa shape index (κ2) is 7.37. The van der Waals surface area contributed by atoms with E-state index in [-0.39, 0.29) is 31.1 Å². The fraction of sp³-hybridized carbons (Fsp3) is 0.222. The van der Waals surface area contributed by atoms with Crippen LogP contribution in [0.25, 0.3) is 0 Å². The number of carbonyl (C=O) groups is 2. The molecule has 4 nitrogen and oxygen atoms in total. The molecule has 0 aromatic heterocycles. The van der Waals surface area contributed by atoms with Gasteiger partial charge in [0.05, 0.1) is 11.6 Å². The summed E-state index contributed by atoms with van der Waals surface area (Å²) in [5.74, 6) is -6.04. The zero-order valence-electron chi connectivity index (χ0n) is 13.4. The number of nitrogens with one attached hydrogen (secondary N) is 1. The molecule has 1 fully saturated rings. The third-order valence-corrected chi connectivity index (χ3v) is 4.43. The Kier molecular flexibility index (Phi) is 5.18. The van der Waals surface area contributed by atoms with Crippen molar-refractivity contribution >= 4 is 29.1 Å². The molecule has 0 spiro atoms. The van der Waals surface area contributed by atoms with Crippen molar-refractivity contribution in [3.63, 3.8) is 0 Å². The van der Waals surface area contributed by atoms with E-state index in [2.05, 4.69) is 5.32 Å². The SMILES string of the molecule is O=C(NCc1ccc(Cl)cc1)C1CC(=O)N(c2ccc(F)c(F)c2F)C1. The van der Waals surface area contributed by atoms with E-state index in [1.807, 2.05) is 0 Å². The Balaban J connectivity index is 1.66. The Morgan fingerprint density at radius 1 is 1.12 bits per heavy atom. The van der Waals surface area contributed by atoms with Crippen LogP contribution in [-0.4, -0.2) is 18.4 Å². The number of benzene rings is 2. The smallest absolute Gasteiger partial charge is 0.227 e. The summed E-state index contributed by atoms with van der Waals surface area (Å²) in [6, 6.07) is 8.62. The van der Waals surface area contributed by atoms with Gasteiger partial charge in [0, 0.05) is 24.5 Å². The summed E-state index contributed by atoms with van der Waals surface area (Å²) in [5.41, 5.74) is 0.456. The first-order valence-corrected chi connectivity index (χ1v) is 8.20. The molecule has 136 valence electrons. The lowest BCUT2D eigenvalue weighted by molar-refractivity contribution is -0.126. The van der Waals surface area contributed by atoms with Crippen LogP contribution in [0.2, 0.25) is 5.02 Å². The van der Waals surface area contributed by atoms with Crippen LogP contribution in [0.4, 0.5) is 18.9 Å². The lowest BCUT2D eigenvalue weighted by Gasteiger charge is -2.18. The van der Waals surface area contributed by atoms with E-state index in [0.29, 0.717) is 5.02 Å². The molecule has 0 bridgehead atoms. The topological polar surface area (TPSA) is 49.4 Å². The van der Waals surface area contributed by atoms with Crippen LogP contribution in [0.1, 0.15) is 12.0 Å². The van der Waals surface area contributed by atoms with Crippen molar-refractivity contribution < 1.29 is 22.8 Å². The molecule has 1 aliphatic heterocycles. The van der Waals surface area contributed by atoms with E-state index in [4.69, 9.17) is 11.6 Å². The van der Waals surface area contributed by atoms with Crippen molar-refractivity contribution in [1.29, 1.82) is 0 Å². The van der Waals surface area contributed by atoms with Gasteiger partial charge in [0.1, 0.15) is 0 Å². The van der Waals surface area contributed by atoms with Crippen LogP contribution in [-0.2, 0) is 16.1 Å². The van der Waals surface area contributed by atoms with E-state index >= 15 is 0 Å². The van der Waals surface area contributed by atoms with Gasteiger partial charge in [-0.15, -0.1) is 0 Å². The lowest BCUT2D eigenvalue weighted by atomic mass is 10.1. The summed E-state index contributed by atoms with van der Waals surface area (Å²) in [4.78, 5) is 25.3. The molecule has 2 aromatic carbocycles. The first-order chi connectivity index (χ1) is 12.4. The maximum Gasteiger partial charge on any atom is 0.227 e. The average molecular weight is 383 g/mol. The van der Waals surface area contributed by atoms with E-state index in [1.165, 1.54) is 0 Å². The highest BCUT2D eigenvalue weighted by Crippen LogP contribution is 2.29. The van der Waals surface area contributed by atoms with Crippen molar-refractivity contribution in [3.05, 3.63) is 64.4 Å². The van der Waals surface area contributed by atoms with Gasteiger partial charge in [0.15, 0.2) is 17.5 Å². The van der Waals surface area contributed by atoms with Gasteiger partial charge in [-0.2, -0.15) is 0 Å². The molecule has 0 aliphatic carbocycles. The van der Waals surface area contributed by atoms with Crippen LogP contribution in [0.5, 0.6) is 0 Å². The third-order valence-electron chi connectivity index (χ3n) is 4.18. The molecule has 1 unspecified atom stereocenters. The highest BCUT2D eigenvalue weighted by molar-refractivity contribution is 6.30. The first kappa shape index (κ1) is 18.3. The molecular weight excluding hydrogens is 369 g/mol. The van der Waals surface area contributed by atoms with Crippen LogP contribution >= 0.6 is 11.6 Å². The average Bonchev–Trinajstić information content (AvgIpc) is 3.01. The number of carbonyl (C=O) groups excluding carboxylic acids is 2. The molecule has 0 saturated carbocycles. The molecule has 1 N–H and O–H groups in total. The monoisotopic (exact) mass is 382 g/mol. The molecule has 2 amide bonds. The number of halogens is 4. The number of rotatable bonds is 4. The van der Waals surface area contributed by atoms with Crippen LogP contribution in [0.3, 0.4) is 0 Å². The fourth-order valence-electron chi connectivity index (χ4n) is 2.78. The van der Waals surface area contributed by atoms with Crippen molar-refractivity contribution in [2.75, 3.05) is 11.4 Å². The number of nitrogens with zero attached hydrogens (tertiary/aromatic N) is 1. The van der Waals surface area contributed by atoms with Crippen molar-refractivity contribution in [2.45, 2.75) is 13.0 Å². The van der Waals surface area contributed by atoms with Crippen molar-refractivity contribution in [2.24, 2.45) is 5.92 Å². The van der Waals surface area contributed by atoms with Gasteiger partial charge in [0.25, 0.3) is 0 Å². The molecule has 1 heterocycles. The van der Waals surface area contributed by atoms with Gasteiger partial charge in [-0.25, -0.2) is 13.2 Å². The number of amides is 2. The molecule has 2 aromatic rings. The van der Waals surface area contributed by atoms with Gasteiger partial charge in [-0.1, -0.05) is 23.7 Å². The van der Waals surface area contributed by atoms with Gasteiger partial charge in [-0.3, -0.25) is 9.59 Å². The summed E-state index contributed by atoms with van der Waals surface area (Å²) in [7, 11) is 0. The lowest BCUT2D eigenvalue weighted by Crippen LogP contribution is -2.33. The summed E-state index contributed by atoms with van der Waals surface area (Å²) < 4.78 is 40.3. The molecule has 3 rings (SSSR count). The maximum atomic E-state index is 13.9. The molecular formula is C18H14ClF3N2O2. The normalized spacial score (nSPS) is 16.8. The second-order valence-electron chi connectivity index (χ2n) is 5.94. The Bertz CT molecular complexity index is 858. The number of hydrogen-bond acceptors (Lipinski definition) is 2. The maximum absolute atomic E-state index is 13.9. The molecule has 26 heavy (non-hydrogen) atoms. The van der Waals surface area contributed by atoms with Crippen LogP contribution in [0.15, 0.2) is 36.4 Å². The highest BCUT2D eigenvalue weighted by atomic mass is 35.5. The molecule has 1 saturated heterocycles. The summed E-state index contributed by atoms with van der Waals surface area (Å²) in [5, 5.41) is 3.27. The third kappa shape index (κ3) is 3.67. The summed E-state index contributed by atoms with van der Waals surface area (Å²) in [6.07, 6.45) is -0.134. The van der Waals surface area contributed by atoms with Crippen molar-refractivity contribution in [1.82, 2.24) is 5.32 Å². The Morgan fingerprint density at radius 3 is 2.50 bits per heavy atom. The molecule has 1 atom stereocenters. The number of hydrogen-bond donors (Lipinski definition) is 1. The molecule has 0 radical (unpaired) electrons. The van der Waals surface area contributed by atoms with E-state index in [1.54, 1.807) is 24.3 Å². The Morgan fingerprint density at radius 2 is 1.81 bits per heavy atom. The zero-order chi connectivity index (χ0) is 18.8. The minimum Gasteiger partial charge on any atom is -0.352 e. The van der Waals surface area contributed by atoms with E-state index in [0.717, 1.165) is 22.6 Å². The van der Waals surface area contributed by atoms with Crippen LogP contribution < -0.4 is 10.2 Å². The quantitative estimate of drug-likeness (QED) is 0.824. The van der Waals surface area contributed by atoms with E-state index in [9.17, 15) is 22.8 Å². The minimum atomic E-state index is -1.65. The summed E-state index contributed by atoms with van der Waals surface area (Å²) in [6.45, 7) is 0.146. The van der Waals surface area contributed by atoms with Gasteiger partial charge in [-0.05, 0) is 29.8 Å². The molecule has 1 aliphatic rings. The molecule has 8 heteroatoms. The predicted molar refractivity (Wildman–Crippen MR) is 90.1 cm³/mol. The first-order valence-electron chi connectivity index (χ1n) is 7.83. The number of anilines is 1. The largest absolute Gasteiger partial charge is 0.352 e. The van der Waals surface area contributed by atoms with Crippen LogP contribution in [0, 0.1) is 23.4 Å². The van der Waals surface area contributed by atoms with Gasteiger partial charge in [0.2, 0.25) is 11.8 Å². The van der Waals surface area contributed by atoms with E-state index < -0.39 is 29.3 Å². The minimum absolute atomic E-state index is 0.104. The zero-order valence-corrected chi connectivity index (χ0v) is 14.2. The van der Waals surface area contributed by atoms with Gasteiger partial charge >= 0.3 is 0 Å². The summed E-state index contributed by atoms with van der Waals surface area (Å²) >= 11 is 5.79. The fourth-order valence-corrected chi connectivity index (χ4v) is 2.90. The predicted octanol–water partition coefficient (Wildman–Crippen LogP) is 3.43. The highest BCUT2D eigenvalue weighted by Gasteiger charge is 2.36. The van der Waals surface area contributed by atoms with Crippen molar-refractivity contribution in [3.8, 4) is 0 Å². The Hall–Kier alpha value is -2.54.